The average molecular weight is 208 g/mol. The Morgan fingerprint density at radius 3 is 2.73 bits per heavy atom. The van der Waals surface area contributed by atoms with E-state index in [2.05, 4.69) is 31.1 Å². The lowest BCUT2D eigenvalue weighted by atomic mass is 10.0. The molecule has 0 saturated heterocycles. The topological polar surface area (TPSA) is 45.2 Å². The predicted molar refractivity (Wildman–Crippen MR) is 61.5 cm³/mol. The molecular weight excluding hydrogens is 188 g/mol. The zero-order chi connectivity index (χ0) is 11.3. The van der Waals surface area contributed by atoms with Crippen LogP contribution in [0.4, 0.5) is 0 Å². The molecule has 1 unspecified atom stereocenters. The van der Waals surface area contributed by atoms with Crippen molar-refractivity contribution in [1.29, 1.82) is 0 Å². The summed E-state index contributed by atoms with van der Waals surface area (Å²) in [5.74, 6) is 0.437. The third-order valence-corrected chi connectivity index (χ3v) is 2.70. The number of pyridine rings is 1. The second-order valence-corrected chi connectivity index (χ2v) is 4.22. The summed E-state index contributed by atoms with van der Waals surface area (Å²) in [7, 11) is 0. The van der Waals surface area contributed by atoms with Crippen LogP contribution in [-0.2, 0) is 6.54 Å². The van der Waals surface area contributed by atoms with Crippen LogP contribution in [0.2, 0.25) is 0 Å². The van der Waals surface area contributed by atoms with Crippen molar-refractivity contribution in [2.75, 3.05) is 6.61 Å². The maximum atomic E-state index is 9.17. The van der Waals surface area contributed by atoms with Gasteiger partial charge < -0.3 is 10.4 Å². The van der Waals surface area contributed by atoms with Crippen molar-refractivity contribution in [3.63, 3.8) is 0 Å². The minimum Gasteiger partial charge on any atom is -0.395 e. The van der Waals surface area contributed by atoms with E-state index in [1.165, 1.54) is 11.1 Å². The molecule has 0 aliphatic heterocycles. The average Bonchev–Trinajstić information content (AvgIpc) is 2.21. The van der Waals surface area contributed by atoms with Gasteiger partial charge >= 0.3 is 0 Å². The summed E-state index contributed by atoms with van der Waals surface area (Å²) >= 11 is 0. The second kappa shape index (κ2) is 5.83. The van der Waals surface area contributed by atoms with Crippen LogP contribution in [0.25, 0.3) is 0 Å². The summed E-state index contributed by atoms with van der Waals surface area (Å²) in [6, 6.07) is 2.16. The lowest BCUT2D eigenvalue weighted by molar-refractivity contribution is 0.210. The van der Waals surface area contributed by atoms with Crippen LogP contribution < -0.4 is 5.32 Å². The van der Waals surface area contributed by atoms with Crippen LogP contribution in [0.5, 0.6) is 0 Å². The first-order valence-corrected chi connectivity index (χ1v) is 5.39. The number of nitrogens with zero attached hydrogens (tertiary/aromatic N) is 1. The maximum Gasteiger partial charge on any atom is 0.0587 e. The summed E-state index contributed by atoms with van der Waals surface area (Å²) < 4.78 is 0. The van der Waals surface area contributed by atoms with Crippen LogP contribution in [0.15, 0.2) is 18.5 Å². The van der Waals surface area contributed by atoms with Crippen molar-refractivity contribution < 1.29 is 5.11 Å². The molecule has 1 atom stereocenters. The second-order valence-electron chi connectivity index (χ2n) is 4.22. The van der Waals surface area contributed by atoms with Gasteiger partial charge in [0, 0.05) is 25.0 Å². The molecule has 0 amide bonds. The van der Waals surface area contributed by atoms with Crippen molar-refractivity contribution in [3.8, 4) is 0 Å². The molecule has 0 fully saturated rings. The van der Waals surface area contributed by atoms with E-state index in [4.69, 9.17) is 5.11 Å². The number of hydrogen-bond donors (Lipinski definition) is 2. The van der Waals surface area contributed by atoms with E-state index in [0.717, 1.165) is 6.54 Å². The van der Waals surface area contributed by atoms with E-state index in [9.17, 15) is 0 Å². The highest BCUT2D eigenvalue weighted by atomic mass is 16.3. The van der Waals surface area contributed by atoms with Gasteiger partial charge in [-0.1, -0.05) is 13.8 Å². The molecule has 3 nitrogen and oxygen atoms in total. The van der Waals surface area contributed by atoms with Gasteiger partial charge in [-0.05, 0) is 30.0 Å². The molecule has 0 bridgehead atoms. The molecule has 1 rings (SSSR count). The highest BCUT2D eigenvalue weighted by Gasteiger charge is 2.11. The SMILES string of the molecule is Cc1ccncc1CNC(CO)C(C)C. The maximum absolute atomic E-state index is 9.17. The lowest BCUT2D eigenvalue weighted by Gasteiger charge is -2.20. The van der Waals surface area contributed by atoms with Gasteiger partial charge in [0.2, 0.25) is 0 Å². The van der Waals surface area contributed by atoms with Crippen molar-refractivity contribution in [2.45, 2.75) is 33.4 Å². The van der Waals surface area contributed by atoms with Gasteiger partial charge in [0.15, 0.2) is 0 Å². The molecule has 15 heavy (non-hydrogen) atoms. The molecule has 0 aliphatic carbocycles. The molecule has 0 aromatic carbocycles. The zero-order valence-electron chi connectivity index (χ0n) is 9.70. The van der Waals surface area contributed by atoms with E-state index in [0.29, 0.717) is 5.92 Å². The quantitative estimate of drug-likeness (QED) is 0.770. The molecule has 0 aliphatic rings. The van der Waals surface area contributed by atoms with E-state index < -0.39 is 0 Å². The summed E-state index contributed by atoms with van der Waals surface area (Å²) in [6.45, 7) is 7.22. The molecule has 84 valence electrons. The Bertz CT molecular complexity index is 299. The van der Waals surface area contributed by atoms with E-state index in [1.54, 1.807) is 6.20 Å². The van der Waals surface area contributed by atoms with Crippen LogP contribution in [0, 0.1) is 12.8 Å². The standard InChI is InChI=1S/C12H20N2O/c1-9(2)12(8-15)14-7-11-6-13-5-4-10(11)3/h4-6,9,12,14-15H,7-8H2,1-3H3. The first-order valence-electron chi connectivity index (χ1n) is 5.39. The third-order valence-electron chi connectivity index (χ3n) is 2.70. The van der Waals surface area contributed by atoms with Crippen molar-refractivity contribution in [2.24, 2.45) is 5.92 Å². The normalized spacial score (nSPS) is 13.1. The lowest BCUT2D eigenvalue weighted by Crippen LogP contribution is -2.36. The van der Waals surface area contributed by atoms with Crippen LogP contribution in [0.1, 0.15) is 25.0 Å². The minimum absolute atomic E-state index is 0.157. The van der Waals surface area contributed by atoms with Crippen LogP contribution >= 0.6 is 0 Å². The molecule has 1 aromatic rings. The fourth-order valence-corrected chi connectivity index (χ4v) is 1.43. The zero-order valence-corrected chi connectivity index (χ0v) is 9.70. The Morgan fingerprint density at radius 1 is 1.47 bits per heavy atom. The number of aliphatic hydroxyl groups excluding tert-OH is 1. The first kappa shape index (κ1) is 12.1. The van der Waals surface area contributed by atoms with Crippen molar-refractivity contribution in [1.82, 2.24) is 10.3 Å². The van der Waals surface area contributed by atoms with Gasteiger partial charge in [0.05, 0.1) is 6.61 Å². The molecule has 2 N–H and O–H groups in total. The van der Waals surface area contributed by atoms with E-state index in [-0.39, 0.29) is 12.6 Å². The Labute approximate surface area is 91.5 Å². The summed E-state index contributed by atoms with van der Waals surface area (Å²) in [5, 5.41) is 12.5. The van der Waals surface area contributed by atoms with Crippen LogP contribution in [0.3, 0.4) is 0 Å². The van der Waals surface area contributed by atoms with Gasteiger partial charge in [0.1, 0.15) is 0 Å². The Balaban J connectivity index is 2.53. The fourth-order valence-electron chi connectivity index (χ4n) is 1.43. The largest absolute Gasteiger partial charge is 0.395 e. The monoisotopic (exact) mass is 208 g/mol. The summed E-state index contributed by atoms with van der Waals surface area (Å²) in [5.41, 5.74) is 2.43. The number of aromatic nitrogens is 1. The van der Waals surface area contributed by atoms with E-state index >= 15 is 0 Å². The Kier molecular flexibility index (Phi) is 4.72. The molecular formula is C12H20N2O. The highest BCUT2D eigenvalue weighted by Crippen LogP contribution is 2.06. The van der Waals surface area contributed by atoms with Crippen molar-refractivity contribution in [3.05, 3.63) is 29.6 Å². The number of rotatable bonds is 5. The number of aliphatic hydroxyl groups is 1. The van der Waals surface area contributed by atoms with Gasteiger partial charge in [0.25, 0.3) is 0 Å². The molecule has 0 radical (unpaired) electrons. The molecule has 0 saturated carbocycles. The predicted octanol–water partition coefficient (Wildman–Crippen LogP) is 1.50. The molecule has 1 heterocycles. The molecule has 0 spiro atoms. The van der Waals surface area contributed by atoms with Crippen LogP contribution in [-0.4, -0.2) is 22.7 Å². The van der Waals surface area contributed by atoms with Gasteiger partial charge in [-0.3, -0.25) is 4.98 Å². The van der Waals surface area contributed by atoms with Gasteiger partial charge in [-0.25, -0.2) is 0 Å². The third kappa shape index (κ3) is 3.61. The highest BCUT2D eigenvalue weighted by molar-refractivity contribution is 5.21. The number of nitrogens with one attached hydrogen (secondary N) is 1. The minimum atomic E-state index is 0.157. The fraction of sp³-hybridized carbons (Fsp3) is 0.583. The summed E-state index contributed by atoms with van der Waals surface area (Å²) in [4.78, 5) is 4.09. The number of aryl methyl sites for hydroxylation is 1. The van der Waals surface area contributed by atoms with Gasteiger partial charge in [-0.2, -0.15) is 0 Å². The number of hydrogen-bond acceptors (Lipinski definition) is 3. The first-order chi connectivity index (χ1) is 7.15. The van der Waals surface area contributed by atoms with E-state index in [1.807, 2.05) is 12.3 Å². The Hall–Kier alpha value is -0.930. The molecule has 1 aromatic heterocycles. The van der Waals surface area contributed by atoms with Gasteiger partial charge in [-0.15, -0.1) is 0 Å². The smallest absolute Gasteiger partial charge is 0.0587 e. The van der Waals surface area contributed by atoms with Crippen molar-refractivity contribution >= 4 is 0 Å². The summed E-state index contributed by atoms with van der Waals surface area (Å²) in [6.07, 6.45) is 3.67. The molecule has 3 heteroatoms. The Morgan fingerprint density at radius 2 is 2.20 bits per heavy atom.